The summed E-state index contributed by atoms with van der Waals surface area (Å²) >= 11 is 0. The molecule has 0 spiro atoms. The summed E-state index contributed by atoms with van der Waals surface area (Å²) < 4.78 is 21.0. The van der Waals surface area contributed by atoms with E-state index in [4.69, 9.17) is 19.0 Å². The van der Waals surface area contributed by atoms with E-state index in [0.29, 0.717) is 17.9 Å². The van der Waals surface area contributed by atoms with Gasteiger partial charge in [-0.15, -0.1) is 4.99 Å². The molecule has 1 fully saturated rings. The van der Waals surface area contributed by atoms with Crippen LogP contribution in [0.15, 0.2) is 27.8 Å². The van der Waals surface area contributed by atoms with Crippen LogP contribution in [0.2, 0.25) is 0 Å². The van der Waals surface area contributed by atoms with Crippen LogP contribution in [0.25, 0.3) is 33.1 Å². The van der Waals surface area contributed by atoms with E-state index in [0.717, 1.165) is 64.0 Å². The van der Waals surface area contributed by atoms with Gasteiger partial charge < -0.3 is 23.1 Å². The van der Waals surface area contributed by atoms with Crippen LogP contribution in [-0.2, 0) is 18.3 Å². The molecule has 0 aliphatic carbocycles. The molecule has 32 heavy (non-hydrogen) atoms. The van der Waals surface area contributed by atoms with Gasteiger partial charge in [0.2, 0.25) is 11.8 Å². The number of hydrogen-bond acceptors (Lipinski definition) is 7. The molecular formula is C23H24N6O3. The van der Waals surface area contributed by atoms with Crippen molar-refractivity contribution in [3.05, 3.63) is 35.4 Å². The van der Waals surface area contributed by atoms with Gasteiger partial charge in [-0.3, -0.25) is 4.98 Å². The van der Waals surface area contributed by atoms with Gasteiger partial charge in [0.15, 0.2) is 0 Å². The topological polar surface area (TPSA) is 103 Å². The van der Waals surface area contributed by atoms with E-state index in [-0.39, 0.29) is 6.10 Å². The molecule has 1 aliphatic rings. The largest absolute Gasteiger partial charge is 0.496 e. The molecule has 1 atom stereocenters. The Morgan fingerprint density at radius 2 is 2.19 bits per heavy atom. The van der Waals surface area contributed by atoms with Crippen molar-refractivity contribution < 1.29 is 14.0 Å². The molecule has 4 heterocycles. The number of ether oxygens (including phenoxy) is 2. The highest BCUT2D eigenvalue weighted by Crippen LogP contribution is 2.38. The lowest BCUT2D eigenvalue weighted by atomic mass is 10.0. The first-order valence-electron chi connectivity index (χ1n) is 10.6. The third-order valence-electron chi connectivity index (χ3n) is 6.18. The van der Waals surface area contributed by atoms with E-state index in [1.807, 2.05) is 50.0 Å². The molecule has 1 saturated heterocycles. The lowest BCUT2D eigenvalue weighted by Gasteiger charge is -2.14. The minimum atomic E-state index is 0.0879. The molecule has 0 unspecified atom stereocenters. The highest BCUT2D eigenvalue weighted by atomic mass is 16.5. The third-order valence-corrected chi connectivity index (χ3v) is 6.18. The normalized spacial score (nSPS) is 16.8. The van der Waals surface area contributed by atoms with E-state index < -0.39 is 0 Å². The highest BCUT2D eigenvalue weighted by Gasteiger charge is 2.23. The predicted octanol–water partition coefficient (Wildman–Crippen LogP) is 3.37. The molecule has 1 aliphatic heterocycles. The van der Waals surface area contributed by atoms with Crippen LogP contribution in [0.3, 0.4) is 0 Å². The monoisotopic (exact) mass is 432 g/mol. The van der Waals surface area contributed by atoms with Crippen LogP contribution >= 0.6 is 0 Å². The van der Waals surface area contributed by atoms with Crippen molar-refractivity contribution in [3.63, 3.8) is 0 Å². The Balaban J connectivity index is 1.83. The van der Waals surface area contributed by atoms with Crippen molar-refractivity contribution in [2.45, 2.75) is 39.3 Å². The molecule has 9 nitrogen and oxygen atoms in total. The standard InChI is InChI=1S/C23H24N6O3/c1-13-21(14(2)32-27-13)17-8-18-16(9-20(17)30-4)22-19(10-25-18)28(3)23(26-12-24)29(22)11-15-6-5-7-31-15/h8-10,15H,5-7,11H2,1-4H3/t15-/m0/s1. The van der Waals surface area contributed by atoms with Gasteiger partial charge in [0.25, 0.3) is 0 Å². The first-order valence-corrected chi connectivity index (χ1v) is 10.6. The Bertz CT molecular complexity index is 1430. The van der Waals surface area contributed by atoms with Crippen molar-refractivity contribution >= 4 is 21.9 Å². The quantitative estimate of drug-likeness (QED) is 0.458. The van der Waals surface area contributed by atoms with Gasteiger partial charge in [0, 0.05) is 24.6 Å². The van der Waals surface area contributed by atoms with Crippen molar-refractivity contribution in [2.75, 3.05) is 13.7 Å². The van der Waals surface area contributed by atoms with Gasteiger partial charge in [-0.25, -0.2) is 0 Å². The Morgan fingerprint density at radius 1 is 1.34 bits per heavy atom. The number of rotatable bonds is 4. The second-order valence-corrected chi connectivity index (χ2v) is 8.08. The first kappa shape index (κ1) is 20.3. The lowest BCUT2D eigenvalue weighted by molar-refractivity contribution is 0.0969. The summed E-state index contributed by atoms with van der Waals surface area (Å²) in [6, 6.07) is 4.00. The fraction of sp³-hybridized carbons (Fsp3) is 0.391. The Hall–Kier alpha value is -3.64. The molecule has 9 heteroatoms. The number of aromatic nitrogens is 4. The number of fused-ring (bicyclic) bond motifs is 3. The average Bonchev–Trinajstić information content (AvgIpc) is 3.49. The van der Waals surface area contributed by atoms with E-state index in [9.17, 15) is 5.26 Å². The molecule has 5 rings (SSSR count). The zero-order valence-electron chi connectivity index (χ0n) is 18.5. The Morgan fingerprint density at radius 3 is 2.84 bits per heavy atom. The maximum absolute atomic E-state index is 9.32. The molecule has 164 valence electrons. The maximum atomic E-state index is 9.32. The van der Waals surface area contributed by atoms with Crippen LogP contribution in [0.4, 0.5) is 0 Å². The molecule has 0 amide bonds. The molecule has 0 bridgehead atoms. The second kappa shape index (κ2) is 7.80. The Labute approximate surface area is 184 Å². The Kier molecular flexibility index (Phi) is 4.94. The number of pyridine rings is 1. The van der Waals surface area contributed by atoms with E-state index >= 15 is 0 Å². The van der Waals surface area contributed by atoms with Gasteiger partial charge in [-0.1, -0.05) is 5.16 Å². The predicted molar refractivity (Wildman–Crippen MR) is 118 cm³/mol. The van der Waals surface area contributed by atoms with Crippen molar-refractivity contribution in [2.24, 2.45) is 12.0 Å². The lowest BCUT2D eigenvalue weighted by Crippen LogP contribution is -2.28. The van der Waals surface area contributed by atoms with Crippen LogP contribution in [0, 0.1) is 25.3 Å². The summed E-state index contributed by atoms with van der Waals surface area (Å²) in [5, 5.41) is 14.3. The van der Waals surface area contributed by atoms with Gasteiger partial charge in [-0.05, 0) is 38.8 Å². The second-order valence-electron chi connectivity index (χ2n) is 8.08. The summed E-state index contributed by atoms with van der Waals surface area (Å²) in [7, 11) is 3.55. The van der Waals surface area contributed by atoms with Crippen LogP contribution in [0.1, 0.15) is 24.3 Å². The SMILES string of the molecule is COc1cc2c(cc1-c1c(C)noc1C)ncc1c2n(C[C@@H]2CCCO2)c(=NC#N)n1C. The number of methoxy groups -OCH3 is 1. The number of nitriles is 1. The summed E-state index contributed by atoms with van der Waals surface area (Å²) in [4.78, 5) is 8.84. The molecular weight excluding hydrogens is 408 g/mol. The summed E-state index contributed by atoms with van der Waals surface area (Å²) in [6.07, 6.45) is 5.88. The fourth-order valence-electron chi connectivity index (χ4n) is 4.69. The number of benzene rings is 1. The fourth-order valence-corrected chi connectivity index (χ4v) is 4.69. The number of hydrogen-bond donors (Lipinski definition) is 0. The van der Waals surface area contributed by atoms with Crippen molar-refractivity contribution in [1.29, 1.82) is 5.26 Å². The van der Waals surface area contributed by atoms with E-state index in [1.54, 1.807) is 7.11 Å². The number of aryl methyl sites for hydroxylation is 3. The smallest absolute Gasteiger partial charge is 0.221 e. The van der Waals surface area contributed by atoms with E-state index in [2.05, 4.69) is 14.7 Å². The van der Waals surface area contributed by atoms with Gasteiger partial charge in [0.1, 0.15) is 11.5 Å². The van der Waals surface area contributed by atoms with E-state index in [1.165, 1.54) is 0 Å². The van der Waals surface area contributed by atoms with Gasteiger partial charge in [0.05, 0.1) is 53.8 Å². The summed E-state index contributed by atoms with van der Waals surface area (Å²) in [6.45, 7) is 5.18. The number of imidazole rings is 1. The minimum absolute atomic E-state index is 0.0879. The van der Waals surface area contributed by atoms with Crippen LogP contribution in [0.5, 0.6) is 5.75 Å². The number of nitrogens with zero attached hydrogens (tertiary/aromatic N) is 6. The molecule has 0 saturated carbocycles. The van der Waals surface area contributed by atoms with Gasteiger partial charge >= 0.3 is 0 Å². The molecule has 3 aromatic heterocycles. The van der Waals surface area contributed by atoms with Crippen molar-refractivity contribution in [3.8, 4) is 23.1 Å². The molecule has 0 N–H and O–H groups in total. The van der Waals surface area contributed by atoms with Crippen LogP contribution in [-0.4, -0.2) is 39.1 Å². The average molecular weight is 432 g/mol. The van der Waals surface area contributed by atoms with Gasteiger partial charge in [-0.2, -0.15) is 5.26 Å². The summed E-state index contributed by atoms with van der Waals surface area (Å²) in [5.41, 5.74) is 5.80. The summed E-state index contributed by atoms with van der Waals surface area (Å²) in [5.74, 6) is 1.43. The zero-order valence-corrected chi connectivity index (χ0v) is 18.5. The molecule has 1 aromatic carbocycles. The minimum Gasteiger partial charge on any atom is -0.496 e. The molecule has 4 aromatic rings. The highest BCUT2D eigenvalue weighted by molar-refractivity contribution is 6.05. The maximum Gasteiger partial charge on any atom is 0.221 e. The third kappa shape index (κ3) is 3.07. The van der Waals surface area contributed by atoms with Crippen molar-refractivity contribution in [1.82, 2.24) is 19.3 Å². The first-order chi connectivity index (χ1) is 15.5. The molecule has 0 radical (unpaired) electrons. The van der Waals surface area contributed by atoms with Crippen LogP contribution < -0.4 is 10.4 Å². The zero-order chi connectivity index (χ0) is 22.4.